The Morgan fingerprint density at radius 2 is 2.11 bits per heavy atom. The average molecular weight is 499 g/mol. The average Bonchev–Trinajstić information content (AvgIpc) is 3.29. The van der Waals surface area contributed by atoms with Crippen LogP contribution >= 0.6 is 24.0 Å². The van der Waals surface area contributed by atoms with E-state index < -0.39 is 0 Å². The normalized spacial score (nSPS) is 12.6. The summed E-state index contributed by atoms with van der Waals surface area (Å²) < 4.78 is 13.0. The van der Waals surface area contributed by atoms with Gasteiger partial charge in [-0.15, -0.1) is 24.0 Å². The number of benzene rings is 1. The molecule has 1 aliphatic heterocycles. The summed E-state index contributed by atoms with van der Waals surface area (Å²) in [6, 6.07) is 6.07. The molecule has 1 aliphatic rings. The van der Waals surface area contributed by atoms with E-state index in [9.17, 15) is 0 Å². The molecule has 0 fully saturated rings. The van der Waals surface area contributed by atoms with Gasteiger partial charge in [-0.1, -0.05) is 6.07 Å². The first kappa shape index (κ1) is 22.3. The monoisotopic (exact) mass is 499 g/mol. The maximum atomic E-state index is 5.47. The van der Waals surface area contributed by atoms with Crippen LogP contribution in [0.15, 0.2) is 35.6 Å². The Hall–Kier alpha value is -1.97. The lowest BCUT2D eigenvalue weighted by Crippen LogP contribution is -2.38. The summed E-state index contributed by atoms with van der Waals surface area (Å²) in [5.41, 5.74) is 1.17. The molecule has 1 aromatic heterocycles. The fraction of sp³-hybridized carbons (Fsp3) is 0.500. The number of hydrogen-bond acceptors (Lipinski definition) is 4. The molecule has 0 saturated carbocycles. The van der Waals surface area contributed by atoms with Gasteiger partial charge in [-0.3, -0.25) is 4.99 Å². The predicted molar refractivity (Wildman–Crippen MR) is 122 cm³/mol. The largest absolute Gasteiger partial charge is 0.454 e. The minimum absolute atomic E-state index is 0. The zero-order valence-corrected chi connectivity index (χ0v) is 19.2. The molecule has 2 aromatic rings. The summed E-state index contributed by atoms with van der Waals surface area (Å²) in [4.78, 5) is 11.2. The fourth-order valence-corrected chi connectivity index (χ4v) is 3.08. The van der Waals surface area contributed by atoms with Gasteiger partial charge in [-0.25, -0.2) is 4.98 Å². The number of aliphatic imine (C=N–C) groups is 1. The van der Waals surface area contributed by atoms with Crippen molar-refractivity contribution in [2.45, 2.75) is 39.8 Å². The number of fused-ring (bicyclic) bond motifs is 1. The number of aryl methyl sites for hydroxylation is 2. The minimum Gasteiger partial charge on any atom is -0.454 e. The van der Waals surface area contributed by atoms with Crippen molar-refractivity contribution < 1.29 is 9.47 Å². The molecule has 7 nitrogen and oxygen atoms in total. The quantitative estimate of drug-likeness (QED) is 0.261. The second kappa shape index (κ2) is 11.1. The molecule has 8 heteroatoms. The molecule has 0 amide bonds. The Balaban J connectivity index is 0.00000280. The number of nitrogens with one attached hydrogen (secondary N) is 1. The van der Waals surface area contributed by atoms with Gasteiger partial charge in [0.25, 0.3) is 0 Å². The van der Waals surface area contributed by atoms with Crippen molar-refractivity contribution >= 4 is 29.9 Å². The Kier molecular flexibility index (Phi) is 8.88. The van der Waals surface area contributed by atoms with Crippen LogP contribution in [0.2, 0.25) is 0 Å². The summed E-state index contributed by atoms with van der Waals surface area (Å²) >= 11 is 0. The predicted octanol–water partition coefficient (Wildman–Crippen LogP) is 3.42. The van der Waals surface area contributed by atoms with Crippen LogP contribution in [0.1, 0.15) is 31.2 Å². The minimum atomic E-state index is 0. The number of guanidine groups is 1. The number of nitrogens with zero attached hydrogens (tertiary/aromatic N) is 4. The van der Waals surface area contributed by atoms with E-state index in [0.717, 1.165) is 62.3 Å². The molecular formula is C20H30IN5O2. The summed E-state index contributed by atoms with van der Waals surface area (Å²) in [7, 11) is 2.06. The van der Waals surface area contributed by atoms with Crippen molar-refractivity contribution in [1.82, 2.24) is 19.8 Å². The summed E-state index contributed by atoms with van der Waals surface area (Å²) in [6.07, 6.45) is 6.01. The van der Waals surface area contributed by atoms with Gasteiger partial charge >= 0.3 is 0 Å². The molecule has 0 saturated heterocycles. The molecular weight excluding hydrogens is 469 g/mol. The first-order valence-corrected chi connectivity index (χ1v) is 9.53. The van der Waals surface area contributed by atoms with Crippen molar-refractivity contribution in [3.8, 4) is 11.5 Å². The third-order valence-corrected chi connectivity index (χ3v) is 4.55. The Morgan fingerprint density at radius 1 is 1.29 bits per heavy atom. The van der Waals surface area contributed by atoms with Crippen LogP contribution in [0.5, 0.6) is 11.5 Å². The molecule has 0 bridgehead atoms. The molecule has 2 heterocycles. The van der Waals surface area contributed by atoms with Crippen molar-refractivity contribution in [1.29, 1.82) is 0 Å². The van der Waals surface area contributed by atoms with E-state index in [-0.39, 0.29) is 24.0 Å². The second-order valence-electron chi connectivity index (χ2n) is 6.65. The molecule has 154 valence electrons. The second-order valence-corrected chi connectivity index (χ2v) is 6.65. The number of halogens is 1. The molecule has 0 spiro atoms. The third-order valence-electron chi connectivity index (χ3n) is 4.55. The van der Waals surface area contributed by atoms with Crippen LogP contribution in [-0.4, -0.2) is 47.3 Å². The highest BCUT2D eigenvalue weighted by molar-refractivity contribution is 14.0. The van der Waals surface area contributed by atoms with E-state index in [4.69, 9.17) is 14.5 Å². The van der Waals surface area contributed by atoms with Crippen molar-refractivity contribution in [2.75, 3.05) is 26.9 Å². The maximum absolute atomic E-state index is 5.47. The van der Waals surface area contributed by atoms with E-state index in [2.05, 4.69) is 39.8 Å². The molecule has 3 rings (SSSR count). The summed E-state index contributed by atoms with van der Waals surface area (Å²) in [5, 5.41) is 3.37. The summed E-state index contributed by atoms with van der Waals surface area (Å²) in [6.45, 7) is 7.83. The number of rotatable bonds is 8. The standard InChI is InChI=1S/C20H29N5O2.HI/c1-4-21-20(23-9-5-6-11-25-12-10-22-16(25)2)24(3)14-17-7-8-18-19(13-17)27-15-26-18;/h7-8,10,12-13H,4-6,9,11,14-15H2,1-3H3,(H,21,23);1H. The van der Waals surface area contributed by atoms with E-state index in [0.29, 0.717) is 6.79 Å². The fourth-order valence-electron chi connectivity index (χ4n) is 3.08. The molecule has 28 heavy (non-hydrogen) atoms. The zero-order chi connectivity index (χ0) is 19.1. The van der Waals surface area contributed by atoms with Crippen LogP contribution in [0, 0.1) is 6.92 Å². The van der Waals surface area contributed by atoms with Gasteiger partial charge < -0.3 is 24.3 Å². The highest BCUT2D eigenvalue weighted by Crippen LogP contribution is 2.32. The van der Waals surface area contributed by atoms with Crippen molar-refractivity contribution in [3.05, 3.63) is 42.0 Å². The Bertz CT molecular complexity index is 778. The molecule has 0 atom stereocenters. The zero-order valence-electron chi connectivity index (χ0n) is 16.9. The molecule has 0 radical (unpaired) electrons. The van der Waals surface area contributed by atoms with Gasteiger partial charge in [0.05, 0.1) is 0 Å². The van der Waals surface area contributed by atoms with Gasteiger partial charge in [-0.2, -0.15) is 0 Å². The van der Waals surface area contributed by atoms with Crippen molar-refractivity contribution in [3.63, 3.8) is 0 Å². The van der Waals surface area contributed by atoms with Gasteiger partial charge in [0.15, 0.2) is 17.5 Å². The van der Waals surface area contributed by atoms with Gasteiger partial charge in [0.1, 0.15) is 5.82 Å². The van der Waals surface area contributed by atoms with E-state index >= 15 is 0 Å². The van der Waals surface area contributed by atoms with Gasteiger partial charge in [-0.05, 0) is 44.4 Å². The lowest BCUT2D eigenvalue weighted by Gasteiger charge is -2.22. The highest BCUT2D eigenvalue weighted by Gasteiger charge is 2.14. The smallest absolute Gasteiger partial charge is 0.231 e. The number of hydrogen-bond donors (Lipinski definition) is 1. The molecule has 0 unspecified atom stereocenters. The Morgan fingerprint density at radius 3 is 2.86 bits per heavy atom. The Labute approximate surface area is 184 Å². The van der Waals surface area contributed by atoms with Gasteiger partial charge in [0, 0.05) is 45.6 Å². The SMILES string of the molecule is CCNC(=NCCCCn1ccnc1C)N(C)Cc1ccc2c(c1)OCO2.I. The van der Waals surface area contributed by atoms with Crippen LogP contribution in [0.4, 0.5) is 0 Å². The van der Waals surface area contributed by atoms with Gasteiger partial charge in [0.2, 0.25) is 6.79 Å². The molecule has 1 N–H and O–H groups in total. The topological polar surface area (TPSA) is 63.9 Å². The maximum Gasteiger partial charge on any atom is 0.231 e. The third kappa shape index (κ3) is 6.02. The highest BCUT2D eigenvalue weighted by atomic mass is 127. The lowest BCUT2D eigenvalue weighted by molar-refractivity contribution is 0.174. The first-order chi connectivity index (χ1) is 13.2. The lowest BCUT2D eigenvalue weighted by atomic mass is 10.2. The molecule has 1 aromatic carbocycles. The van der Waals surface area contributed by atoms with Crippen molar-refractivity contribution in [2.24, 2.45) is 4.99 Å². The van der Waals surface area contributed by atoms with Crippen LogP contribution < -0.4 is 14.8 Å². The van der Waals surface area contributed by atoms with Crippen LogP contribution in [0.25, 0.3) is 0 Å². The van der Waals surface area contributed by atoms with Crippen LogP contribution in [-0.2, 0) is 13.1 Å². The van der Waals surface area contributed by atoms with E-state index in [1.807, 2.05) is 31.5 Å². The van der Waals surface area contributed by atoms with Crippen LogP contribution in [0.3, 0.4) is 0 Å². The molecule has 0 aliphatic carbocycles. The number of aromatic nitrogens is 2. The number of ether oxygens (including phenoxy) is 2. The van der Waals surface area contributed by atoms with E-state index in [1.54, 1.807) is 0 Å². The number of imidazole rings is 1. The first-order valence-electron chi connectivity index (χ1n) is 9.53. The van der Waals surface area contributed by atoms with E-state index in [1.165, 1.54) is 5.56 Å². The number of unbranched alkanes of at least 4 members (excludes halogenated alkanes) is 1. The summed E-state index contributed by atoms with van der Waals surface area (Å²) in [5.74, 6) is 3.62.